The van der Waals surface area contributed by atoms with Crippen molar-refractivity contribution in [3.8, 4) is 0 Å². The number of rotatable bonds is 8. The third-order valence-electron chi connectivity index (χ3n) is 7.39. The number of nitrogens with one attached hydrogen (secondary N) is 3. The summed E-state index contributed by atoms with van der Waals surface area (Å²) in [6.45, 7) is 1.44. The van der Waals surface area contributed by atoms with Gasteiger partial charge in [0.15, 0.2) is 5.65 Å². The molecule has 2 aliphatic rings. The van der Waals surface area contributed by atoms with Crippen LogP contribution in [-0.4, -0.2) is 77.6 Å². The molecule has 0 unspecified atom stereocenters. The lowest BCUT2D eigenvalue weighted by Gasteiger charge is -2.34. The van der Waals surface area contributed by atoms with E-state index >= 15 is 0 Å². The second-order valence-corrected chi connectivity index (χ2v) is 11.8. The minimum Gasteiger partial charge on any atom is -0.375 e. The Morgan fingerprint density at radius 2 is 1.95 bits per heavy atom. The van der Waals surface area contributed by atoms with Crippen molar-refractivity contribution in [2.75, 3.05) is 36.9 Å². The van der Waals surface area contributed by atoms with E-state index < -0.39 is 10.0 Å². The standard InChI is InChI=1S/C25H34N8O3S/c1-32(19-9-3-2-4-10-19)37(35,36)22-12-6-5-11-21(22)26-15-23(34)30-18-8-7-13-33(16-18)25-20-14-29-31-24(20)27-17-28-25/h5-6,11-12,14,17-19,26H,2-4,7-10,13,15-16H2,1H3,(H,30,34)(H,27,28,29,31)/t18-/m1/s1. The summed E-state index contributed by atoms with van der Waals surface area (Å²) < 4.78 is 28.3. The van der Waals surface area contributed by atoms with Crippen molar-refractivity contribution < 1.29 is 13.2 Å². The Morgan fingerprint density at radius 1 is 1.14 bits per heavy atom. The Hall–Kier alpha value is -3.25. The topological polar surface area (TPSA) is 136 Å². The summed E-state index contributed by atoms with van der Waals surface area (Å²) in [7, 11) is -2.02. The molecule has 37 heavy (non-hydrogen) atoms. The number of aromatic nitrogens is 4. The molecule has 198 valence electrons. The number of fused-ring (bicyclic) bond motifs is 1. The zero-order valence-corrected chi connectivity index (χ0v) is 21.9. The van der Waals surface area contributed by atoms with E-state index in [0.717, 1.165) is 62.7 Å². The summed E-state index contributed by atoms with van der Waals surface area (Å²) >= 11 is 0. The van der Waals surface area contributed by atoms with Crippen LogP contribution in [0.4, 0.5) is 11.5 Å². The van der Waals surface area contributed by atoms with E-state index in [1.807, 2.05) is 0 Å². The molecule has 1 saturated heterocycles. The second-order valence-electron chi connectivity index (χ2n) is 9.85. The van der Waals surface area contributed by atoms with Gasteiger partial charge in [-0.25, -0.2) is 18.4 Å². The fourth-order valence-electron chi connectivity index (χ4n) is 5.38. The summed E-state index contributed by atoms with van der Waals surface area (Å²) in [6, 6.07) is 6.78. The van der Waals surface area contributed by atoms with Crippen molar-refractivity contribution in [1.82, 2.24) is 29.8 Å². The molecule has 0 radical (unpaired) electrons. The number of aromatic amines is 1. The molecule has 1 aliphatic carbocycles. The minimum absolute atomic E-state index is 0.0162. The van der Waals surface area contributed by atoms with Gasteiger partial charge in [-0.2, -0.15) is 9.40 Å². The predicted octanol–water partition coefficient (Wildman–Crippen LogP) is 2.50. The number of para-hydroxylation sites is 1. The van der Waals surface area contributed by atoms with Crippen molar-refractivity contribution >= 4 is 38.5 Å². The Balaban J connectivity index is 1.21. The third-order valence-corrected chi connectivity index (χ3v) is 9.35. The average molecular weight is 527 g/mol. The first-order chi connectivity index (χ1) is 17.9. The van der Waals surface area contributed by atoms with E-state index in [-0.39, 0.29) is 29.4 Å². The van der Waals surface area contributed by atoms with Crippen LogP contribution in [0.1, 0.15) is 44.9 Å². The lowest BCUT2D eigenvalue weighted by atomic mass is 9.96. The Bertz CT molecular complexity index is 1340. The van der Waals surface area contributed by atoms with Crippen molar-refractivity contribution in [2.24, 2.45) is 0 Å². The van der Waals surface area contributed by atoms with Crippen LogP contribution in [0.25, 0.3) is 11.0 Å². The lowest BCUT2D eigenvalue weighted by molar-refractivity contribution is -0.120. The van der Waals surface area contributed by atoms with Gasteiger partial charge in [-0.15, -0.1) is 0 Å². The predicted molar refractivity (Wildman–Crippen MR) is 142 cm³/mol. The highest BCUT2D eigenvalue weighted by molar-refractivity contribution is 7.89. The van der Waals surface area contributed by atoms with Crippen molar-refractivity contribution in [3.63, 3.8) is 0 Å². The van der Waals surface area contributed by atoms with Gasteiger partial charge in [-0.3, -0.25) is 9.89 Å². The number of sulfonamides is 1. The van der Waals surface area contributed by atoms with E-state index in [4.69, 9.17) is 0 Å². The van der Waals surface area contributed by atoms with E-state index in [0.29, 0.717) is 17.9 Å². The average Bonchev–Trinajstić information content (AvgIpc) is 3.41. The van der Waals surface area contributed by atoms with E-state index in [2.05, 4.69) is 35.7 Å². The third kappa shape index (κ3) is 5.54. The molecular formula is C25H34N8O3S. The number of hydrogen-bond acceptors (Lipinski definition) is 8. The molecule has 3 N–H and O–H groups in total. The molecule has 0 spiro atoms. The number of nitrogens with zero attached hydrogens (tertiary/aromatic N) is 5. The number of H-pyrrole nitrogens is 1. The summed E-state index contributed by atoms with van der Waals surface area (Å²) in [4.78, 5) is 23.8. The molecule has 2 fully saturated rings. The van der Waals surface area contributed by atoms with Crippen LogP contribution >= 0.6 is 0 Å². The number of benzene rings is 1. The molecule has 1 aliphatic heterocycles. The van der Waals surface area contributed by atoms with Crippen molar-refractivity contribution in [3.05, 3.63) is 36.8 Å². The van der Waals surface area contributed by atoms with Crippen molar-refractivity contribution in [1.29, 1.82) is 0 Å². The molecule has 3 aromatic rings. The molecule has 1 aromatic carbocycles. The Labute approximate surface area is 217 Å². The highest BCUT2D eigenvalue weighted by Gasteiger charge is 2.31. The number of amides is 1. The Morgan fingerprint density at radius 3 is 2.78 bits per heavy atom. The largest absolute Gasteiger partial charge is 0.375 e. The van der Waals surface area contributed by atoms with Gasteiger partial charge >= 0.3 is 0 Å². The molecule has 5 rings (SSSR count). The van der Waals surface area contributed by atoms with Crippen molar-refractivity contribution in [2.45, 2.75) is 61.9 Å². The molecule has 2 aromatic heterocycles. The number of hydrogen-bond donors (Lipinski definition) is 3. The number of anilines is 2. The SMILES string of the molecule is CN(C1CCCCC1)S(=O)(=O)c1ccccc1NCC(=O)N[C@@H]1CCCN(c2ncnc3[nH]ncc23)C1. The van der Waals surface area contributed by atoms with Crippen LogP contribution in [-0.2, 0) is 14.8 Å². The highest BCUT2D eigenvalue weighted by atomic mass is 32.2. The van der Waals surface area contributed by atoms with Crippen LogP contribution in [0.5, 0.6) is 0 Å². The van der Waals surface area contributed by atoms with Gasteiger partial charge in [-0.05, 0) is 37.8 Å². The van der Waals surface area contributed by atoms with Gasteiger partial charge in [0.05, 0.1) is 23.8 Å². The number of carbonyl (C=O) groups is 1. The van der Waals surface area contributed by atoms with E-state index in [1.54, 1.807) is 37.5 Å². The Kier molecular flexibility index (Phi) is 7.56. The highest BCUT2D eigenvalue weighted by Crippen LogP contribution is 2.30. The number of carbonyl (C=O) groups excluding carboxylic acids is 1. The summed E-state index contributed by atoms with van der Waals surface area (Å²) in [5.41, 5.74) is 1.12. The quantitative estimate of drug-likeness (QED) is 0.407. The molecule has 12 heteroatoms. The molecule has 1 atom stereocenters. The number of piperidine rings is 1. The van der Waals surface area contributed by atoms with Gasteiger partial charge < -0.3 is 15.5 Å². The van der Waals surface area contributed by atoms with Gasteiger partial charge in [0, 0.05) is 32.2 Å². The van der Waals surface area contributed by atoms with Gasteiger partial charge in [0.2, 0.25) is 15.9 Å². The van der Waals surface area contributed by atoms with Crippen LogP contribution in [0, 0.1) is 0 Å². The molecule has 1 amide bonds. The molecule has 3 heterocycles. The molecule has 0 bridgehead atoms. The lowest BCUT2D eigenvalue weighted by Crippen LogP contribution is -2.49. The molecular weight excluding hydrogens is 492 g/mol. The van der Waals surface area contributed by atoms with E-state index in [9.17, 15) is 13.2 Å². The maximum absolute atomic E-state index is 13.4. The first kappa shape index (κ1) is 25.4. The second kappa shape index (κ2) is 11.0. The maximum atomic E-state index is 13.4. The monoisotopic (exact) mass is 526 g/mol. The van der Waals surface area contributed by atoms with Crippen LogP contribution in [0.15, 0.2) is 41.7 Å². The van der Waals surface area contributed by atoms with Gasteiger partial charge in [0.1, 0.15) is 17.0 Å². The summed E-state index contributed by atoms with van der Waals surface area (Å²) in [5.74, 6) is 0.618. The van der Waals surface area contributed by atoms with Crippen LogP contribution < -0.4 is 15.5 Å². The zero-order chi connectivity index (χ0) is 25.8. The fraction of sp³-hybridized carbons (Fsp3) is 0.520. The smallest absolute Gasteiger partial charge is 0.245 e. The summed E-state index contributed by atoms with van der Waals surface area (Å²) in [5, 5.41) is 13.9. The fourth-order valence-corrected chi connectivity index (χ4v) is 6.96. The first-order valence-corrected chi connectivity index (χ1v) is 14.4. The van der Waals surface area contributed by atoms with Gasteiger partial charge in [-0.1, -0.05) is 31.4 Å². The van der Waals surface area contributed by atoms with Crippen LogP contribution in [0.3, 0.4) is 0 Å². The maximum Gasteiger partial charge on any atom is 0.245 e. The van der Waals surface area contributed by atoms with Gasteiger partial charge in [0.25, 0.3) is 0 Å². The normalized spacial score (nSPS) is 19.3. The molecule has 11 nitrogen and oxygen atoms in total. The zero-order valence-electron chi connectivity index (χ0n) is 21.1. The summed E-state index contributed by atoms with van der Waals surface area (Å²) in [6.07, 6.45) is 10.0. The van der Waals surface area contributed by atoms with E-state index in [1.165, 1.54) is 10.6 Å². The minimum atomic E-state index is -3.68. The molecule has 1 saturated carbocycles. The van der Waals surface area contributed by atoms with Crippen LogP contribution in [0.2, 0.25) is 0 Å². The first-order valence-electron chi connectivity index (χ1n) is 12.9.